The molecular weight excluding hydrogens is 304 g/mol. The van der Waals surface area contributed by atoms with Gasteiger partial charge < -0.3 is 14.9 Å². The number of phenolic OH excluding ortho intramolecular Hbond substituents is 1. The fourth-order valence-corrected chi connectivity index (χ4v) is 2.78. The van der Waals surface area contributed by atoms with Gasteiger partial charge in [0.25, 0.3) is 0 Å². The van der Waals surface area contributed by atoms with Crippen LogP contribution in [-0.2, 0) is 24.1 Å². The van der Waals surface area contributed by atoms with E-state index in [0.717, 1.165) is 17.5 Å². The van der Waals surface area contributed by atoms with Crippen LogP contribution in [0.25, 0.3) is 0 Å². The zero-order valence-corrected chi connectivity index (χ0v) is 14.4. The van der Waals surface area contributed by atoms with E-state index in [-0.39, 0.29) is 5.75 Å². The van der Waals surface area contributed by atoms with Gasteiger partial charge in [0.1, 0.15) is 0 Å². The maximum absolute atomic E-state index is 11.1. The number of phenols is 1. The minimum Gasteiger partial charge on any atom is -0.504 e. The number of rotatable bonds is 7. The molecule has 24 heavy (non-hydrogen) atoms. The van der Waals surface area contributed by atoms with E-state index in [0.29, 0.717) is 18.6 Å². The lowest BCUT2D eigenvalue weighted by molar-refractivity contribution is -0.141. The molecule has 0 aliphatic heterocycles. The number of carbonyl (C=O) groups is 1. The van der Waals surface area contributed by atoms with E-state index >= 15 is 0 Å². The van der Waals surface area contributed by atoms with E-state index in [1.165, 1.54) is 18.2 Å². The molecule has 0 radical (unpaired) electrons. The Kier molecular flexibility index (Phi) is 5.85. The summed E-state index contributed by atoms with van der Waals surface area (Å²) >= 11 is 0. The molecule has 2 rings (SSSR count). The lowest BCUT2D eigenvalue weighted by Gasteiger charge is -2.14. The first-order valence-corrected chi connectivity index (χ1v) is 8.07. The van der Waals surface area contributed by atoms with Gasteiger partial charge in [-0.25, -0.2) is 0 Å². The third-order valence-corrected chi connectivity index (χ3v) is 4.16. The van der Waals surface area contributed by atoms with Crippen molar-refractivity contribution in [3.63, 3.8) is 0 Å². The van der Waals surface area contributed by atoms with Crippen LogP contribution >= 0.6 is 0 Å². The van der Waals surface area contributed by atoms with Crippen LogP contribution in [-0.4, -0.2) is 23.3 Å². The summed E-state index contributed by atoms with van der Waals surface area (Å²) in [6, 6.07) is 11.9. The summed E-state index contributed by atoms with van der Waals surface area (Å²) in [7, 11) is 1.50. The highest BCUT2D eigenvalue weighted by atomic mass is 16.5. The molecule has 0 spiro atoms. The minimum atomic E-state index is -0.830. The molecule has 0 amide bonds. The summed E-state index contributed by atoms with van der Waals surface area (Å²) in [5, 5.41) is 19.4. The highest BCUT2D eigenvalue weighted by Crippen LogP contribution is 2.33. The Balaban J connectivity index is 2.22. The molecule has 0 aliphatic rings. The van der Waals surface area contributed by atoms with Crippen molar-refractivity contribution in [2.24, 2.45) is 5.92 Å². The van der Waals surface area contributed by atoms with Gasteiger partial charge >= 0.3 is 5.97 Å². The fourth-order valence-electron chi connectivity index (χ4n) is 2.78. The first-order chi connectivity index (χ1) is 11.4. The van der Waals surface area contributed by atoms with Crippen molar-refractivity contribution in [1.29, 1.82) is 0 Å². The number of aryl methyl sites for hydroxylation is 3. The first kappa shape index (κ1) is 17.9. The standard InChI is InChI=1S/C20H24O4/c1-13-5-4-6-15(9-13)7-8-17-11-16(10-14(2)20(22)23)12-18(24-3)19(17)21/h4-6,9,11-12,14,21H,7-8,10H2,1-3H3,(H,22,23). The van der Waals surface area contributed by atoms with Crippen LogP contribution in [0.4, 0.5) is 0 Å². The van der Waals surface area contributed by atoms with Gasteiger partial charge in [-0.3, -0.25) is 4.79 Å². The lowest BCUT2D eigenvalue weighted by Crippen LogP contribution is -2.12. The molecule has 128 valence electrons. The van der Waals surface area contributed by atoms with E-state index < -0.39 is 11.9 Å². The van der Waals surface area contributed by atoms with E-state index in [4.69, 9.17) is 9.84 Å². The van der Waals surface area contributed by atoms with Crippen molar-refractivity contribution in [1.82, 2.24) is 0 Å². The highest BCUT2D eigenvalue weighted by molar-refractivity contribution is 5.70. The number of methoxy groups -OCH3 is 1. The summed E-state index contributed by atoms with van der Waals surface area (Å²) in [6.07, 6.45) is 1.88. The van der Waals surface area contributed by atoms with Crippen LogP contribution in [0.2, 0.25) is 0 Å². The molecule has 2 N–H and O–H groups in total. The van der Waals surface area contributed by atoms with E-state index in [1.807, 2.05) is 12.1 Å². The molecular formula is C20H24O4. The Bertz CT molecular complexity index is 722. The molecule has 0 saturated heterocycles. The van der Waals surface area contributed by atoms with Crippen LogP contribution < -0.4 is 4.74 Å². The smallest absolute Gasteiger partial charge is 0.306 e. The van der Waals surface area contributed by atoms with Crippen LogP contribution in [0.15, 0.2) is 36.4 Å². The molecule has 1 unspecified atom stereocenters. The number of hydrogen-bond donors (Lipinski definition) is 2. The summed E-state index contributed by atoms with van der Waals surface area (Å²) in [5.74, 6) is -0.784. The molecule has 1 atom stereocenters. The molecule has 0 heterocycles. The van der Waals surface area contributed by atoms with Crippen LogP contribution in [0.3, 0.4) is 0 Å². The summed E-state index contributed by atoms with van der Waals surface area (Å²) in [6.45, 7) is 3.73. The Hall–Kier alpha value is -2.49. The van der Waals surface area contributed by atoms with Crippen molar-refractivity contribution in [3.8, 4) is 11.5 Å². The monoisotopic (exact) mass is 328 g/mol. The van der Waals surface area contributed by atoms with Gasteiger partial charge in [0.15, 0.2) is 11.5 Å². The zero-order chi connectivity index (χ0) is 17.7. The van der Waals surface area contributed by atoms with Crippen molar-refractivity contribution < 1.29 is 19.7 Å². The molecule has 2 aromatic carbocycles. The molecule has 4 nitrogen and oxygen atoms in total. The second-order valence-electron chi connectivity index (χ2n) is 6.24. The van der Waals surface area contributed by atoms with Crippen molar-refractivity contribution >= 4 is 5.97 Å². The zero-order valence-electron chi connectivity index (χ0n) is 14.4. The summed E-state index contributed by atoms with van der Waals surface area (Å²) in [4.78, 5) is 11.1. The van der Waals surface area contributed by atoms with Gasteiger partial charge in [-0.15, -0.1) is 0 Å². The van der Waals surface area contributed by atoms with Crippen molar-refractivity contribution in [2.45, 2.75) is 33.1 Å². The number of carboxylic acids is 1. The third kappa shape index (κ3) is 4.51. The highest BCUT2D eigenvalue weighted by Gasteiger charge is 2.16. The minimum absolute atomic E-state index is 0.136. The maximum Gasteiger partial charge on any atom is 0.306 e. The third-order valence-electron chi connectivity index (χ3n) is 4.16. The number of benzene rings is 2. The molecule has 4 heteroatoms. The number of carboxylic acid groups (broad SMARTS) is 1. The van der Waals surface area contributed by atoms with Crippen molar-refractivity contribution in [2.75, 3.05) is 7.11 Å². The maximum atomic E-state index is 11.1. The van der Waals surface area contributed by atoms with E-state index in [9.17, 15) is 9.90 Å². The Morgan fingerprint density at radius 3 is 2.54 bits per heavy atom. The van der Waals surface area contributed by atoms with Gasteiger partial charge in [0, 0.05) is 0 Å². The van der Waals surface area contributed by atoms with Crippen LogP contribution in [0.1, 0.15) is 29.2 Å². The normalized spacial score (nSPS) is 12.0. The Labute approximate surface area is 142 Å². The van der Waals surface area contributed by atoms with Crippen molar-refractivity contribution in [3.05, 3.63) is 58.7 Å². The van der Waals surface area contributed by atoms with Gasteiger partial charge in [-0.1, -0.05) is 42.8 Å². The molecule has 0 aromatic heterocycles. The SMILES string of the molecule is COc1cc(CC(C)C(=O)O)cc(CCc2cccc(C)c2)c1O. The summed E-state index contributed by atoms with van der Waals surface area (Å²) < 4.78 is 5.24. The molecule has 2 aromatic rings. The van der Waals surface area contributed by atoms with E-state index in [1.54, 1.807) is 13.0 Å². The average molecular weight is 328 g/mol. The van der Waals surface area contributed by atoms with Crippen LogP contribution in [0, 0.1) is 12.8 Å². The first-order valence-electron chi connectivity index (χ1n) is 8.07. The predicted octanol–water partition coefficient (Wildman–Crippen LogP) is 3.76. The summed E-state index contributed by atoms with van der Waals surface area (Å²) in [5.41, 5.74) is 4.05. The molecule has 0 bridgehead atoms. The van der Waals surface area contributed by atoms with Gasteiger partial charge in [0.05, 0.1) is 13.0 Å². The van der Waals surface area contributed by atoms with E-state index in [2.05, 4.69) is 25.1 Å². The van der Waals surface area contributed by atoms with Gasteiger partial charge in [-0.2, -0.15) is 0 Å². The second-order valence-corrected chi connectivity index (χ2v) is 6.24. The average Bonchev–Trinajstić information content (AvgIpc) is 2.54. The number of aromatic hydroxyl groups is 1. The van der Waals surface area contributed by atoms with Crippen LogP contribution in [0.5, 0.6) is 11.5 Å². The van der Waals surface area contributed by atoms with Gasteiger partial charge in [-0.05, 0) is 48.9 Å². The Morgan fingerprint density at radius 1 is 1.17 bits per heavy atom. The lowest BCUT2D eigenvalue weighted by atomic mass is 9.96. The molecule has 0 saturated carbocycles. The van der Waals surface area contributed by atoms with Gasteiger partial charge in [0.2, 0.25) is 0 Å². The topological polar surface area (TPSA) is 66.8 Å². The molecule has 0 aliphatic carbocycles. The quantitative estimate of drug-likeness (QED) is 0.812. The number of ether oxygens (including phenoxy) is 1. The number of aliphatic carboxylic acids is 1. The largest absolute Gasteiger partial charge is 0.504 e. The Morgan fingerprint density at radius 2 is 1.92 bits per heavy atom. The second kappa shape index (κ2) is 7.86. The number of hydrogen-bond acceptors (Lipinski definition) is 3. The molecule has 0 fully saturated rings. The fraction of sp³-hybridized carbons (Fsp3) is 0.350. The predicted molar refractivity (Wildman–Crippen MR) is 93.7 cm³/mol.